The van der Waals surface area contributed by atoms with Gasteiger partial charge in [-0.2, -0.15) is 0 Å². The Bertz CT molecular complexity index is 356. The van der Waals surface area contributed by atoms with Gasteiger partial charge in [0, 0.05) is 7.11 Å². The molecule has 0 bridgehead atoms. The van der Waals surface area contributed by atoms with Crippen molar-refractivity contribution in [1.82, 2.24) is 0 Å². The van der Waals surface area contributed by atoms with Gasteiger partial charge in [-0.25, -0.2) is 4.79 Å². The highest BCUT2D eigenvalue weighted by atomic mass is 16.5. The van der Waals surface area contributed by atoms with Crippen LogP contribution in [0.3, 0.4) is 0 Å². The molecule has 7 heteroatoms. The molecule has 0 saturated carbocycles. The number of ketones is 1. The summed E-state index contributed by atoms with van der Waals surface area (Å²) in [6.45, 7) is -0.0894. The third-order valence-corrected chi connectivity index (χ3v) is 2.00. The molecule has 0 radical (unpaired) electrons. The summed E-state index contributed by atoms with van der Waals surface area (Å²) in [5.74, 6) is -2.40. The predicted octanol–water partition coefficient (Wildman–Crippen LogP) is -0.161. The average molecular weight is 260 g/mol. The van der Waals surface area contributed by atoms with Crippen molar-refractivity contribution in [2.45, 2.75) is 6.42 Å². The van der Waals surface area contributed by atoms with Crippen LogP contribution >= 0.6 is 0 Å². The van der Waals surface area contributed by atoms with Crippen molar-refractivity contribution in [3.05, 3.63) is 11.3 Å². The Morgan fingerprint density at radius 2 is 1.50 bits per heavy atom. The first-order chi connectivity index (χ1) is 8.51. The largest absolute Gasteiger partial charge is 0.498 e. The number of hydrogen-bond acceptors (Lipinski definition) is 7. The van der Waals surface area contributed by atoms with Crippen LogP contribution in [0.2, 0.25) is 0 Å². The van der Waals surface area contributed by atoms with E-state index < -0.39 is 24.1 Å². The zero-order chi connectivity index (χ0) is 14.1. The first-order valence-electron chi connectivity index (χ1n) is 4.96. The lowest BCUT2D eigenvalue weighted by atomic mass is 10.1. The molecule has 0 heterocycles. The van der Waals surface area contributed by atoms with Crippen LogP contribution in [0.15, 0.2) is 11.3 Å². The summed E-state index contributed by atoms with van der Waals surface area (Å²) in [7, 11) is 4.92. The van der Waals surface area contributed by atoms with Crippen molar-refractivity contribution < 1.29 is 33.3 Å². The molecule has 0 spiro atoms. The van der Waals surface area contributed by atoms with Gasteiger partial charge < -0.3 is 18.9 Å². The van der Waals surface area contributed by atoms with E-state index in [1.165, 1.54) is 14.2 Å². The smallest absolute Gasteiger partial charge is 0.345 e. The van der Waals surface area contributed by atoms with Crippen LogP contribution in [0.25, 0.3) is 0 Å². The molecule has 0 rings (SSSR count). The summed E-state index contributed by atoms with van der Waals surface area (Å²) >= 11 is 0. The van der Waals surface area contributed by atoms with Crippen LogP contribution in [-0.4, -0.2) is 52.8 Å². The normalized spacial score (nSPS) is 11.3. The minimum absolute atomic E-state index is 0.00162. The fourth-order valence-electron chi connectivity index (χ4n) is 1.14. The van der Waals surface area contributed by atoms with E-state index in [9.17, 15) is 14.4 Å². The van der Waals surface area contributed by atoms with Gasteiger partial charge in [-0.05, 0) is 0 Å². The maximum atomic E-state index is 11.8. The lowest BCUT2D eigenvalue weighted by Crippen LogP contribution is -2.22. The first kappa shape index (κ1) is 16.1. The van der Waals surface area contributed by atoms with Crippen LogP contribution in [0.5, 0.6) is 0 Å². The second-order valence-electron chi connectivity index (χ2n) is 3.10. The monoisotopic (exact) mass is 260 g/mol. The van der Waals surface area contributed by atoms with E-state index in [2.05, 4.69) is 9.47 Å². The Balaban J connectivity index is 5.27. The Kier molecular flexibility index (Phi) is 7.37. The van der Waals surface area contributed by atoms with Gasteiger partial charge in [-0.15, -0.1) is 0 Å². The molecule has 0 aliphatic carbocycles. The molecule has 0 amide bonds. The van der Waals surface area contributed by atoms with Crippen LogP contribution < -0.4 is 0 Å². The van der Waals surface area contributed by atoms with Gasteiger partial charge in [0.05, 0.1) is 21.3 Å². The zero-order valence-corrected chi connectivity index (χ0v) is 10.8. The molecule has 0 aromatic carbocycles. The highest BCUT2D eigenvalue weighted by molar-refractivity contribution is 6.21. The second-order valence-corrected chi connectivity index (χ2v) is 3.10. The van der Waals surface area contributed by atoms with Gasteiger partial charge in [0.15, 0.2) is 5.78 Å². The Labute approximate surface area is 105 Å². The van der Waals surface area contributed by atoms with Gasteiger partial charge in [-0.1, -0.05) is 0 Å². The fraction of sp³-hybridized carbons (Fsp3) is 0.545. The molecule has 102 valence electrons. The van der Waals surface area contributed by atoms with Crippen LogP contribution in [0.4, 0.5) is 0 Å². The summed E-state index contributed by atoms with van der Waals surface area (Å²) in [4.78, 5) is 34.3. The van der Waals surface area contributed by atoms with Gasteiger partial charge >= 0.3 is 11.9 Å². The summed E-state index contributed by atoms with van der Waals surface area (Å²) in [5, 5.41) is 0. The summed E-state index contributed by atoms with van der Waals surface area (Å²) in [6.07, 6.45) is -0.572. The van der Waals surface area contributed by atoms with E-state index in [0.717, 1.165) is 14.2 Å². The lowest BCUT2D eigenvalue weighted by Gasteiger charge is -2.10. The maximum absolute atomic E-state index is 11.8. The molecule has 0 aromatic heterocycles. The second kappa shape index (κ2) is 8.24. The number of esters is 2. The molecule has 7 nitrogen and oxygen atoms in total. The molecule has 0 aliphatic heterocycles. The fourth-order valence-corrected chi connectivity index (χ4v) is 1.14. The molecule has 0 fully saturated rings. The molecule has 0 N–H and O–H groups in total. The van der Waals surface area contributed by atoms with Crippen molar-refractivity contribution in [1.29, 1.82) is 0 Å². The summed E-state index contributed by atoms with van der Waals surface area (Å²) in [6, 6.07) is 0. The van der Waals surface area contributed by atoms with Crippen LogP contribution in [-0.2, 0) is 33.3 Å². The standard InChI is InChI=1S/C11H16O7/c1-15-6-8(16-2)10(11(14)18-4)7(12)5-9(13)17-3/h5-6H2,1-4H3/b10-8+. The highest BCUT2D eigenvalue weighted by Crippen LogP contribution is 2.12. The predicted molar refractivity (Wildman–Crippen MR) is 59.6 cm³/mol. The molecule has 0 aromatic rings. The topological polar surface area (TPSA) is 88.1 Å². The van der Waals surface area contributed by atoms with Crippen molar-refractivity contribution in [2.75, 3.05) is 35.0 Å². The number of carbonyl (C=O) groups excluding carboxylic acids is 3. The van der Waals surface area contributed by atoms with Crippen LogP contribution in [0.1, 0.15) is 6.42 Å². The number of ether oxygens (including phenoxy) is 4. The van der Waals surface area contributed by atoms with Gasteiger partial charge in [-0.3, -0.25) is 9.59 Å². The minimum atomic E-state index is -0.891. The molecule has 18 heavy (non-hydrogen) atoms. The first-order valence-corrected chi connectivity index (χ1v) is 4.96. The quantitative estimate of drug-likeness (QED) is 0.206. The lowest BCUT2D eigenvalue weighted by molar-refractivity contribution is -0.143. The van der Waals surface area contributed by atoms with E-state index >= 15 is 0 Å². The van der Waals surface area contributed by atoms with Crippen molar-refractivity contribution in [2.24, 2.45) is 0 Å². The van der Waals surface area contributed by atoms with E-state index in [-0.39, 0.29) is 17.9 Å². The molecule has 0 saturated heterocycles. The molecule has 0 atom stereocenters. The summed E-state index contributed by atoms with van der Waals surface area (Å²) < 4.78 is 18.5. The minimum Gasteiger partial charge on any atom is -0.498 e. The van der Waals surface area contributed by atoms with Crippen molar-refractivity contribution in [3.63, 3.8) is 0 Å². The zero-order valence-electron chi connectivity index (χ0n) is 10.8. The number of rotatable bonds is 7. The van der Waals surface area contributed by atoms with E-state index in [4.69, 9.17) is 9.47 Å². The number of hydrogen-bond donors (Lipinski definition) is 0. The van der Waals surface area contributed by atoms with Crippen LogP contribution in [0, 0.1) is 0 Å². The SMILES string of the molecule is COC/C(OC)=C(/C(=O)CC(=O)OC)C(=O)OC. The highest BCUT2D eigenvalue weighted by Gasteiger charge is 2.27. The molecular formula is C11H16O7. The summed E-state index contributed by atoms with van der Waals surface area (Å²) in [5.41, 5.74) is -0.354. The van der Waals surface area contributed by atoms with Crippen molar-refractivity contribution in [3.8, 4) is 0 Å². The van der Waals surface area contributed by atoms with Gasteiger partial charge in [0.25, 0.3) is 0 Å². The van der Waals surface area contributed by atoms with E-state index in [1.54, 1.807) is 0 Å². The average Bonchev–Trinajstić information content (AvgIpc) is 2.37. The Morgan fingerprint density at radius 3 is 1.89 bits per heavy atom. The number of Topliss-reactive ketones (excluding diaryl/α,β-unsaturated/α-hetero) is 1. The number of methoxy groups -OCH3 is 4. The third kappa shape index (κ3) is 4.54. The van der Waals surface area contributed by atoms with E-state index in [1.807, 2.05) is 0 Å². The van der Waals surface area contributed by atoms with Crippen molar-refractivity contribution >= 4 is 17.7 Å². The Hall–Kier alpha value is -1.89. The van der Waals surface area contributed by atoms with Gasteiger partial charge in [0.1, 0.15) is 24.4 Å². The molecular weight excluding hydrogens is 244 g/mol. The number of carbonyl (C=O) groups is 3. The maximum Gasteiger partial charge on any atom is 0.345 e. The van der Waals surface area contributed by atoms with Gasteiger partial charge in [0.2, 0.25) is 0 Å². The van der Waals surface area contributed by atoms with E-state index in [0.29, 0.717) is 0 Å². The molecule has 0 aliphatic rings. The Morgan fingerprint density at radius 1 is 0.889 bits per heavy atom. The molecule has 0 unspecified atom stereocenters. The third-order valence-electron chi connectivity index (χ3n) is 2.00.